The summed E-state index contributed by atoms with van der Waals surface area (Å²) in [7, 11) is -3.12. The van der Waals surface area contributed by atoms with Crippen LogP contribution in [0.25, 0.3) is 10.6 Å². The number of ether oxygens (including phenoxy) is 1. The number of para-hydroxylation sites is 1. The molecule has 2 heterocycles. The molecule has 0 spiro atoms. The number of carbonyl (C=O) groups excluding carboxylic acids is 1. The number of hydrogen-bond acceptors (Lipinski definition) is 6. The average Bonchev–Trinajstić information content (AvgIpc) is 3.33. The molecule has 0 aliphatic carbocycles. The van der Waals surface area contributed by atoms with Crippen molar-refractivity contribution in [3.8, 4) is 16.3 Å². The van der Waals surface area contributed by atoms with Gasteiger partial charge in [0, 0.05) is 22.3 Å². The van der Waals surface area contributed by atoms with Gasteiger partial charge < -0.3 is 9.64 Å². The Morgan fingerprint density at radius 2 is 1.90 bits per heavy atom. The highest BCUT2D eigenvalue weighted by atomic mass is 32.2. The van der Waals surface area contributed by atoms with Crippen LogP contribution in [0.5, 0.6) is 5.75 Å². The Bertz CT molecular complexity index is 1130. The third-order valence-electron chi connectivity index (χ3n) is 4.96. The molecule has 1 atom stereocenters. The van der Waals surface area contributed by atoms with Gasteiger partial charge in [-0.3, -0.25) is 4.79 Å². The van der Waals surface area contributed by atoms with Crippen molar-refractivity contribution in [2.45, 2.75) is 19.4 Å². The number of sulfone groups is 1. The number of benzene rings is 2. The van der Waals surface area contributed by atoms with Crippen molar-refractivity contribution in [1.82, 2.24) is 4.98 Å². The first kappa shape index (κ1) is 20.6. The van der Waals surface area contributed by atoms with Crippen LogP contribution in [0.1, 0.15) is 12.1 Å². The van der Waals surface area contributed by atoms with Gasteiger partial charge in [-0.2, -0.15) is 0 Å². The van der Waals surface area contributed by atoms with Crippen LogP contribution in [0, 0.1) is 6.92 Å². The maximum absolute atomic E-state index is 13.0. The zero-order valence-corrected chi connectivity index (χ0v) is 18.2. The summed E-state index contributed by atoms with van der Waals surface area (Å²) < 4.78 is 29.6. The minimum Gasteiger partial charge on any atom is -0.484 e. The fraction of sp³-hybridized carbons (Fsp3) is 0.273. The number of anilines is 1. The van der Waals surface area contributed by atoms with E-state index in [1.807, 2.05) is 66.9 Å². The summed E-state index contributed by atoms with van der Waals surface area (Å²) in [6, 6.07) is 16.2. The van der Waals surface area contributed by atoms with Gasteiger partial charge in [-0.05, 0) is 49.7 Å². The predicted octanol–water partition coefficient (Wildman–Crippen LogP) is 3.72. The van der Waals surface area contributed by atoms with E-state index in [9.17, 15) is 13.2 Å². The van der Waals surface area contributed by atoms with Crippen LogP contribution in [-0.4, -0.2) is 43.5 Å². The number of amides is 1. The van der Waals surface area contributed by atoms with E-state index in [1.165, 1.54) is 0 Å². The van der Waals surface area contributed by atoms with E-state index in [0.717, 1.165) is 16.3 Å². The monoisotopic (exact) mass is 442 g/mol. The lowest BCUT2D eigenvalue weighted by atomic mass is 10.2. The second-order valence-corrected chi connectivity index (χ2v) is 10.4. The molecule has 0 radical (unpaired) electrons. The van der Waals surface area contributed by atoms with Gasteiger partial charge in [-0.1, -0.05) is 18.2 Å². The highest BCUT2D eigenvalue weighted by Crippen LogP contribution is 2.27. The van der Waals surface area contributed by atoms with Gasteiger partial charge in [0.1, 0.15) is 10.8 Å². The van der Waals surface area contributed by atoms with Gasteiger partial charge in [0.2, 0.25) is 0 Å². The second kappa shape index (κ2) is 8.57. The molecule has 0 bridgehead atoms. The third kappa shape index (κ3) is 4.71. The first-order chi connectivity index (χ1) is 14.4. The van der Waals surface area contributed by atoms with E-state index in [-0.39, 0.29) is 30.1 Å². The quantitative estimate of drug-likeness (QED) is 0.582. The zero-order valence-electron chi connectivity index (χ0n) is 16.5. The molecule has 0 N–H and O–H groups in total. The van der Waals surface area contributed by atoms with Gasteiger partial charge >= 0.3 is 0 Å². The number of nitrogens with zero attached hydrogens (tertiary/aromatic N) is 2. The highest BCUT2D eigenvalue weighted by Gasteiger charge is 2.35. The first-order valence-corrected chi connectivity index (χ1v) is 12.3. The van der Waals surface area contributed by atoms with Gasteiger partial charge in [0.15, 0.2) is 16.4 Å². The Morgan fingerprint density at radius 1 is 1.17 bits per heavy atom. The van der Waals surface area contributed by atoms with Crippen LogP contribution in [0.4, 0.5) is 5.69 Å². The number of carbonyl (C=O) groups is 1. The summed E-state index contributed by atoms with van der Waals surface area (Å²) in [5.41, 5.74) is 2.66. The minimum atomic E-state index is -3.12. The number of aryl methyl sites for hydroxylation is 1. The third-order valence-corrected chi connectivity index (χ3v) is 7.72. The summed E-state index contributed by atoms with van der Waals surface area (Å²) in [5, 5.41) is 2.94. The van der Waals surface area contributed by atoms with Gasteiger partial charge in [0.25, 0.3) is 5.91 Å². The number of rotatable bonds is 6. The highest BCUT2D eigenvalue weighted by molar-refractivity contribution is 7.91. The van der Waals surface area contributed by atoms with Crippen molar-refractivity contribution in [3.05, 3.63) is 65.7 Å². The van der Waals surface area contributed by atoms with Crippen molar-refractivity contribution in [1.29, 1.82) is 0 Å². The molecule has 1 aliphatic rings. The summed E-state index contributed by atoms with van der Waals surface area (Å²) in [6.45, 7) is 1.79. The Kier molecular flexibility index (Phi) is 5.87. The SMILES string of the molecule is Cc1csc(-c2ccc(OCC(=O)N(c3ccccc3)[C@H]3CCS(=O)(=O)C3)cc2)n1. The Balaban J connectivity index is 1.46. The molecular weight excluding hydrogens is 420 g/mol. The summed E-state index contributed by atoms with van der Waals surface area (Å²) >= 11 is 1.58. The van der Waals surface area contributed by atoms with Crippen LogP contribution in [0.2, 0.25) is 0 Å². The molecule has 4 rings (SSSR count). The number of thiazole rings is 1. The molecule has 3 aromatic rings. The molecule has 2 aromatic carbocycles. The summed E-state index contributed by atoms with van der Waals surface area (Å²) in [6.07, 6.45) is 0.435. The van der Waals surface area contributed by atoms with Gasteiger partial charge in [0.05, 0.1) is 17.5 Å². The molecule has 0 saturated carbocycles. The molecule has 156 valence electrons. The fourth-order valence-electron chi connectivity index (χ4n) is 3.52. The Labute approximate surface area is 180 Å². The molecule has 0 unspecified atom stereocenters. The van der Waals surface area contributed by atoms with Crippen LogP contribution < -0.4 is 9.64 Å². The Morgan fingerprint density at radius 3 is 2.50 bits per heavy atom. The standard InChI is InChI=1S/C22H22N2O4S2/c1-16-14-29-22(23-16)17-7-9-20(10-8-17)28-13-21(25)24(18-5-3-2-4-6-18)19-11-12-30(26,27)15-19/h2-10,14,19H,11-13,15H2,1H3/t19-/m0/s1. The van der Waals surface area contributed by atoms with E-state index in [1.54, 1.807) is 16.2 Å². The smallest absolute Gasteiger partial charge is 0.265 e. The average molecular weight is 443 g/mol. The zero-order chi connectivity index (χ0) is 21.1. The minimum absolute atomic E-state index is 0.0183. The molecule has 1 aromatic heterocycles. The molecule has 6 nitrogen and oxygen atoms in total. The predicted molar refractivity (Wildman–Crippen MR) is 119 cm³/mol. The first-order valence-electron chi connectivity index (χ1n) is 9.64. The topological polar surface area (TPSA) is 76.6 Å². The molecule has 1 saturated heterocycles. The number of hydrogen-bond donors (Lipinski definition) is 0. The lowest BCUT2D eigenvalue weighted by molar-refractivity contribution is -0.121. The molecule has 8 heteroatoms. The van der Waals surface area contributed by atoms with Gasteiger partial charge in [-0.15, -0.1) is 11.3 Å². The van der Waals surface area contributed by atoms with E-state index < -0.39 is 9.84 Å². The second-order valence-electron chi connectivity index (χ2n) is 7.26. The van der Waals surface area contributed by atoms with Crippen molar-refractivity contribution in [2.24, 2.45) is 0 Å². The summed E-state index contributed by atoms with van der Waals surface area (Å²) in [4.78, 5) is 19.0. The molecule has 1 fully saturated rings. The summed E-state index contributed by atoms with van der Waals surface area (Å²) in [5.74, 6) is 0.401. The van der Waals surface area contributed by atoms with E-state index in [4.69, 9.17) is 4.74 Å². The van der Waals surface area contributed by atoms with E-state index in [2.05, 4.69) is 4.98 Å². The van der Waals surface area contributed by atoms with Crippen molar-refractivity contribution < 1.29 is 17.9 Å². The normalized spacial score (nSPS) is 17.6. The van der Waals surface area contributed by atoms with Crippen molar-refractivity contribution in [3.63, 3.8) is 0 Å². The lowest BCUT2D eigenvalue weighted by Crippen LogP contribution is -2.43. The lowest BCUT2D eigenvalue weighted by Gasteiger charge is -2.28. The van der Waals surface area contributed by atoms with Crippen LogP contribution in [-0.2, 0) is 14.6 Å². The Hall–Kier alpha value is -2.71. The van der Waals surface area contributed by atoms with E-state index in [0.29, 0.717) is 17.9 Å². The molecule has 1 aliphatic heterocycles. The van der Waals surface area contributed by atoms with Crippen LogP contribution in [0.15, 0.2) is 60.0 Å². The van der Waals surface area contributed by atoms with E-state index >= 15 is 0 Å². The molecule has 30 heavy (non-hydrogen) atoms. The van der Waals surface area contributed by atoms with Crippen molar-refractivity contribution >= 4 is 32.8 Å². The maximum atomic E-state index is 13.0. The van der Waals surface area contributed by atoms with Crippen molar-refractivity contribution in [2.75, 3.05) is 23.0 Å². The van der Waals surface area contributed by atoms with Crippen LogP contribution >= 0.6 is 11.3 Å². The molecule has 1 amide bonds. The van der Waals surface area contributed by atoms with Gasteiger partial charge in [-0.25, -0.2) is 13.4 Å². The largest absolute Gasteiger partial charge is 0.484 e. The molecular formula is C22H22N2O4S2. The fourth-order valence-corrected chi connectivity index (χ4v) is 6.02. The maximum Gasteiger partial charge on any atom is 0.265 e. The van der Waals surface area contributed by atoms with Crippen LogP contribution in [0.3, 0.4) is 0 Å². The number of aromatic nitrogens is 1.